The van der Waals surface area contributed by atoms with E-state index in [2.05, 4.69) is 28.8 Å². The molecule has 8 heteroatoms. The van der Waals surface area contributed by atoms with Gasteiger partial charge in [0.1, 0.15) is 0 Å². The Kier molecular flexibility index (Phi) is 5.00. The van der Waals surface area contributed by atoms with Crippen molar-refractivity contribution < 1.29 is 8.42 Å². The first-order valence-electron chi connectivity index (χ1n) is 6.01. The van der Waals surface area contributed by atoms with Gasteiger partial charge in [-0.3, -0.25) is 4.72 Å². The Hall–Kier alpha value is -1.12. The van der Waals surface area contributed by atoms with Crippen molar-refractivity contribution in [2.45, 2.75) is 23.1 Å². The number of thioether (sulfide) groups is 1. The summed E-state index contributed by atoms with van der Waals surface area (Å²) >= 11 is 2.83. The van der Waals surface area contributed by atoms with Gasteiger partial charge in [0.15, 0.2) is 4.34 Å². The number of hydrogen-bond donors (Lipinski definition) is 1. The lowest BCUT2D eigenvalue weighted by Gasteiger charge is -2.03. The zero-order valence-electron chi connectivity index (χ0n) is 11.1. The van der Waals surface area contributed by atoms with Crippen LogP contribution in [0.1, 0.15) is 13.8 Å². The van der Waals surface area contributed by atoms with E-state index < -0.39 is 10.0 Å². The van der Waals surface area contributed by atoms with Gasteiger partial charge < -0.3 is 0 Å². The van der Waals surface area contributed by atoms with Crippen molar-refractivity contribution in [3.63, 3.8) is 0 Å². The predicted octanol–water partition coefficient (Wildman–Crippen LogP) is 3.09. The fraction of sp³-hybridized carbons (Fsp3) is 0.333. The molecule has 0 saturated heterocycles. The molecular weight excluding hydrogens is 314 g/mol. The van der Waals surface area contributed by atoms with E-state index in [-0.39, 0.29) is 4.90 Å². The van der Waals surface area contributed by atoms with E-state index in [1.54, 1.807) is 30.0 Å². The van der Waals surface area contributed by atoms with Crippen LogP contribution in [-0.4, -0.2) is 24.4 Å². The van der Waals surface area contributed by atoms with E-state index in [4.69, 9.17) is 0 Å². The topological polar surface area (TPSA) is 72.0 Å². The van der Waals surface area contributed by atoms with Gasteiger partial charge in [-0.05, 0) is 18.1 Å². The Morgan fingerprint density at radius 1 is 1.25 bits per heavy atom. The van der Waals surface area contributed by atoms with E-state index in [9.17, 15) is 8.42 Å². The predicted molar refractivity (Wildman–Crippen MR) is 82.7 cm³/mol. The van der Waals surface area contributed by atoms with Crippen LogP contribution in [0.3, 0.4) is 0 Å². The molecule has 0 bridgehead atoms. The first kappa shape index (κ1) is 15.3. The monoisotopic (exact) mass is 329 g/mol. The molecule has 0 spiro atoms. The van der Waals surface area contributed by atoms with Crippen molar-refractivity contribution in [3.8, 4) is 0 Å². The quantitative estimate of drug-likeness (QED) is 0.825. The van der Waals surface area contributed by atoms with Gasteiger partial charge in [-0.15, -0.1) is 10.2 Å². The molecule has 20 heavy (non-hydrogen) atoms. The molecule has 0 atom stereocenters. The maximum absolute atomic E-state index is 12.1. The fourth-order valence-electron chi connectivity index (χ4n) is 1.32. The summed E-state index contributed by atoms with van der Waals surface area (Å²) in [5, 5.41) is 8.12. The van der Waals surface area contributed by atoms with E-state index in [0.29, 0.717) is 11.0 Å². The Bertz CT molecular complexity index is 654. The summed E-state index contributed by atoms with van der Waals surface area (Å²) in [5.74, 6) is 1.48. The van der Waals surface area contributed by atoms with Crippen LogP contribution in [0.15, 0.2) is 39.6 Å². The highest BCUT2D eigenvalue weighted by molar-refractivity contribution is 8.01. The smallest absolute Gasteiger partial charge is 0.253 e. The lowest BCUT2D eigenvalue weighted by Crippen LogP contribution is -2.12. The second-order valence-corrected chi connectivity index (χ2v) is 8.42. The molecule has 1 aromatic carbocycles. The zero-order valence-corrected chi connectivity index (χ0v) is 13.6. The minimum atomic E-state index is -3.58. The molecule has 108 valence electrons. The summed E-state index contributed by atoms with van der Waals surface area (Å²) in [6, 6.07) is 8.21. The van der Waals surface area contributed by atoms with Gasteiger partial charge in [0.25, 0.3) is 10.0 Å². The Labute approximate surface area is 126 Å². The molecule has 0 aliphatic rings. The molecule has 0 aliphatic heterocycles. The third-order valence-corrected chi connectivity index (χ3v) is 6.10. The maximum Gasteiger partial charge on any atom is 0.263 e. The van der Waals surface area contributed by atoms with Gasteiger partial charge in [-0.25, -0.2) is 8.42 Å². The average molecular weight is 329 g/mol. The molecule has 0 amide bonds. The normalized spacial score (nSPS) is 11.8. The lowest BCUT2D eigenvalue weighted by atomic mass is 10.3. The van der Waals surface area contributed by atoms with Crippen molar-refractivity contribution in [2.75, 3.05) is 10.5 Å². The summed E-state index contributed by atoms with van der Waals surface area (Å²) in [6.07, 6.45) is 0. The highest BCUT2D eigenvalue weighted by Crippen LogP contribution is 2.28. The van der Waals surface area contributed by atoms with Crippen LogP contribution in [0.2, 0.25) is 0 Å². The van der Waals surface area contributed by atoms with Gasteiger partial charge in [0.05, 0.1) is 4.90 Å². The van der Waals surface area contributed by atoms with Crippen LogP contribution < -0.4 is 4.72 Å². The van der Waals surface area contributed by atoms with Crippen molar-refractivity contribution in [1.82, 2.24) is 10.2 Å². The molecule has 2 rings (SSSR count). The molecule has 0 fully saturated rings. The number of hydrogen-bond acceptors (Lipinski definition) is 6. The minimum absolute atomic E-state index is 0.214. The number of sulfonamides is 1. The molecule has 1 N–H and O–H groups in total. The highest BCUT2D eigenvalue weighted by Gasteiger charge is 2.16. The van der Waals surface area contributed by atoms with Crippen LogP contribution in [0, 0.1) is 5.92 Å². The standard InChI is InChI=1S/C12H15N3O2S3/c1-9(2)8-18-12-14-13-11(19-12)15-20(16,17)10-6-4-3-5-7-10/h3-7,9H,8H2,1-2H3,(H,13,15). The molecule has 1 heterocycles. The zero-order chi connectivity index (χ0) is 14.6. The summed E-state index contributed by atoms with van der Waals surface area (Å²) in [5.41, 5.74) is 0. The molecule has 2 aromatic rings. The number of nitrogens with one attached hydrogen (secondary N) is 1. The van der Waals surface area contributed by atoms with Gasteiger partial charge in [-0.2, -0.15) is 0 Å². The number of anilines is 1. The molecule has 0 saturated carbocycles. The van der Waals surface area contributed by atoms with Gasteiger partial charge in [0.2, 0.25) is 5.13 Å². The van der Waals surface area contributed by atoms with Crippen molar-refractivity contribution >= 4 is 38.3 Å². The number of rotatable bonds is 6. The number of nitrogens with zero attached hydrogens (tertiary/aromatic N) is 2. The molecule has 0 radical (unpaired) electrons. The second kappa shape index (κ2) is 6.55. The second-order valence-electron chi connectivity index (χ2n) is 4.50. The van der Waals surface area contributed by atoms with E-state index >= 15 is 0 Å². The van der Waals surface area contributed by atoms with Crippen LogP contribution in [0.5, 0.6) is 0 Å². The molecule has 0 unspecified atom stereocenters. The summed E-state index contributed by atoms with van der Waals surface area (Å²) in [6.45, 7) is 4.24. The highest BCUT2D eigenvalue weighted by atomic mass is 32.2. The van der Waals surface area contributed by atoms with Crippen LogP contribution in [0.4, 0.5) is 5.13 Å². The van der Waals surface area contributed by atoms with Crippen molar-refractivity contribution in [2.24, 2.45) is 5.92 Å². The molecule has 5 nitrogen and oxygen atoms in total. The Morgan fingerprint density at radius 3 is 2.60 bits per heavy atom. The van der Waals surface area contributed by atoms with E-state index in [0.717, 1.165) is 10.1 Å². The minimum Gasteiger partial charge on any atom is -0.253 e. The van der Waals surface area contributed by atoms with Gasteiger partial charge in [-0.1, -0.05) is 55.1 Å². The third kappa shape index (κ3) is 4.19. The number of aromatic nitrogens is 2. The molecule has 0 aliphatic carbocycles. The Morgan fingerprint density at radius 2 is 1.95 bits per heavy atom. The average Bonchev–Trinajstić information content (AvgIpc) is 2.84. The van der Waals surface area contributed by atoms with Crippen molar-refractivity contribution in [1.29, 1.82) is 0 Å². The van der Waals surface area contributed by atoms with Crippen LogP contribution >= 0.6 is 23.1 Å². The molecule has 1 aromatic heterocycles. The first-order valence-corrected chi connectivity index (χ1v) is 9.30. The summed E-state index contributed by atoms with van der Waals surface area (Å²) in [7, 11) is -3.58. The summed E-state index contributed by atoms with van der Waals surface area (Å²) < 4.78 is 27.4. The lowest BCUT2D eigenvalue weighted by molar-refractivity contribution is 0.601. The SMILES string of the molecule is CC(C)CSc1nnc(NS(=O)(=O)c2ccccc2)s1. The van der Waals surface area contributed by atoms with Crippen LogP contribution in [0.25, 0.3) is 0 Å². The summed E-state index contributed by atoms with van der Waals surface area (Å²) in [4.78, 5) is 0.214. The van der Waals surface area contributed by atoms with Crippen molar-refractivity contribution in [3.05, 3.63) is 30.3 Å². The first-order chi connectivity index (χ1) is 9.47. The fourth-order valence-corrected chi connectivity index (χ4v) is 4.30. The van der Waals surface area contributed by atoms with Crippen LogP contribution in [-0.2, 0) is 10.0 Å². The largest absolute Gasteiger partial charge is 0.263 e. The molecular formula is C12H15N3O2S3. The maximum atomic E-state index is 12.1. The van der Waals surface area contributed by atoms with Gasteiger partial charge >= 0.3 is 0 Å². The number of benzene rings is 1. The van der Waals surface area contributed by atoms with E-state index in [1.807, 2.05) is 0 Å². The third-order valence-electron chi connectivity index (χ3n) is 2.22. The van der Waals surface area contributed by atoms with Gasteiger partial charge in [0, 0.05) is 5.75 Å². The Balaban J connectivity index is 2.07. The van der Waals surface area contributed by atoms with E-state index in [1.165, 1.54) is 23.5 Å².